The van der Waals surface area contributed by atoms with Gasteiger partial charge in [-0.1, -0.05) is 12.1 Å². The molecule has 152 valence electrons. The van der Waals surface area contributed by atoms with E-state index in [0.29, 0.717) is 31.1 Å². The number of rotatable bonds is 5. The summed E-state index contributed by atoms with van der Waals surface area (Å²) in [6, 6.07) is 10.6. The van der Waals surface area contributed by atoms with Crippen LogP contribution in [0.5, 0.6) is 0 Å². The number of hydrogen-bond acceptors (Lipinski definition) is 6. The van der Waals surface area contributed by atoms with E-state index < -0.39 is 10.0 Å². The van der Waals surface area contributed by atoms with Crippen molar-refractivity contribution < 1.29 is 13.2 Å². The van der Waals surface area contributed by atoms with Crippen LogP contribution in [0, 0.1) is 0 Å². The molecule has 7 nitrogen and oxygen atoms in total. The minimum atomic E-state index is -3.50. The smallest absolute Gasteiger partial charge is 0.261 e. The highest BCUT2D eigenvalue weighted by atomic mass is 32.2. The summed E-state index contributed by atoms with van der Waals surface area (Å²) >= 11 is 1.40. The molecule has 0 saturated carbocycles. The predicted molar refractivity (Wildman–Crippen MR) is 113 cm³/mol. The molecule has 2 N–H and O–H groups in total. The molecule has 29 heavy (non-hydrogen) atoms. The van der Waals surface area contributed by atoms with Crippen LogP contribution in [0.25, 0.3) is 10.1 Å². The fourth-order valence-electron chi connectivity index (χ4n) is 3.31. The summed E-state index contributed by atoms with van der Waals surface area (Å²) in [5.74, 6) is -0.155. The van der Waals surface area contributed by atoms with E-state index in [-0.39, 0.29) is 16.8 Å². The van der Waals surface area contributed by atoms with Crippen LogP contribution < -0.4 is 10.6 Å². The molecule has 0 spiro atoms. The zero-order chi connectivity index (χ0) is 20.4. The zero-order valence-corrected chi connectivity index (χ0v) is 17.6. The lowest BCUT2D eigenvalue weighted by Crippen LogP contribution is -2.51. The van der Waals surface area contributed by atoms with Gasteiger partial charge in [-0.2, -0.15) is 4.31 Å². The van der Waals surface area contributed by atoms with Crippen LogP contribution in [0.15, 0.2) is 53.7 Å². The molecular formula is C20H22N4O3S2. The first kappa shape index (κ1) is 20.0. The van der Waals surface area contributed by atoms with Gasteiger partial charge in [0.15, 0.2) is 0 Å². The van der Waals surface area contributed by atoms with E-state index in [1.54, 1.807) is 36.7 Å². The monoisotopic (exact) mass is 430 g/mol. The molecule has 0 radical (unpaired) electrons. The fourth-order valence-corrected chi connectivity index (χ4v) is 5.79. The van der Waals surface area contributed by atoms with E-state index in [0.717, 1.165) is 15.6 Å². The number of pyridine rings is 1. The summed E-state index contributed by atoms with van der Waals surface area (Å²) in [6.45, 7) is 3.88. The van der Waals surface area contributed by atoms with Crippen LogP contribution in [-0.4, -0.2) is 49.3 Å². The molecule has 3 aromatic rings. The van der Waals surface area contributed by atoms with E-state index >= 15 is 0 Å². The van der Waals surface area contributed by atoms with Crippen molar-refractivity contribution in [1.82, 2.24) is 19.9 Å². The maximum atomic E-state index is 12.8. The SMILES string of the molecule is C[C@@H]1CN(S(=O)(=O)c2ccc(CNC(=O)c3cc4ccncc4s3)cc2)CCN1. The quantitative estimate of drug-likeness (QED) is 0.648. The Bertz CT molecular complexity index is 1090. The number of benzene rings is 1. The number of thiophene rings is 1. The molecule has 1 fully saturated rings. The summed E-state index contributed by atoms with van der Waals surface area (Å²) in [6.07, 6.45) is 3.45. The van der Waals surface area contributed by atoms with Crippen molar-refractivity contribution in [2.75, 3.05) is 19.6 Å². The third-order valence-electron chi connectivity index (χ3n) is 4.89. The van der Waals surface area contributed by atoms with Gasteiger partial charge in [-0.05, 0) is 42.1 Å². The van der Waals surface area contributed by atoms with Gasteiger partial charge in [-0.15, -0.1) is 11.3 Å². The average Bonchev–Trinajstić information content (AvgIpc) is 3.17. The second-order valence-electron chi connectivity index (χ2n) is 7.07. The highest BCUT2D eigenvalue weighted by Crippen LogP contribution is 2.24. The van der Waals surface area contributed by atoms with E-state index in [1.165, 1.54) is 15.6 Å². The maximum Gasteiger partial charge on any atom is 0.261 e. The van der Waals surface area contributed by atoms with Gasteiger partial charge >= 0.3 is 0 Å². The molecule has 0 bridgehead atoms. The Morgan fingerprint density at radius 3 is 2.83 bits per heavy atom. The minimum absolute atomic E-state index is 0.137. The van der Waals surface area contributed by atoms with Gasteiger partial charge in [0.2, 0.25) is 10.0 Å². The molecular weight excluding hydrogens is 408 g/mol. The Morgan fingerprint density at radius 1 is 1.31 bits per heavy atom. The van der Waals surface area contributed by atoms with Gasteiger partial charge in [-0.25, -0.2) is 8.42 Å². The van der Waals surface area contributed by atoms with Crippen LogP contribution in [0.3, 0.4) is 0 Å². The number of fused-ring (bicyclic) bond motifs is 1. The summed E-state index contributed by atoms with van der Waals surface area (Å²) in [5.41, 5.74) is 0.841. The van der Waals surface area contributed by atoms with Gasteiger partial charge in [0, 0.05) is 44.6 Å². The van der Waals surface area contributed by atoms with Crippen molar-refractivity contribution in [3.63, 3.8) is 0 Å². The first-order valence-electron chi connectivity index (χ1n) is 9.38. The van der Waals surface area contributed by atoms with Gasteiger partial charge in [0.25, 0.3) is 5.91 Å². The number of nitrogens with zero attached hydrogens (tertiary/aromatic N) is 2. The maximum absolute atomic E-state index is 12.8. The Kier molecular flexibility index (Phi) is 5.64. The lowest BCUT2D eigenvalue weighted by molar-refractivity contribution is 0.0955. The van der Waals surface area contributed by atoms with Crippen LogP contribution in [0.1, 0.15) is 22.2 Å². The third-order valence-corrected chi connectivity index (χ3v) is 7.86. The molecule has 0 aliphatic carbocycles. The predicted octanol–water partition coefficient (Wildman–Crippen LogP) is 2.21. The standard InChI is InChI=1S/C20H22N4O3S2/c1-14-13-24(9-8-22-14)29(26,27)17-4-2-15(3-5-17)11-23-20(25)18-10-16-6-7-21-12-19(16)28-18/h2-7,10,12,14,22H,8-9,11,13H2,1H3,(H,23,25)/t14-/m1/s1. The van der Waals surface area contributed by atoms with Crippen molar-refractivity contribution in [1.29, 1.82) is 0 Å². The van der Waals surface area contributed by atoms with Gasteiger partial charge in [-0.3, -0.25) is 9.78 Å². The lowest BCUT2D eigenvalue weighted by Gasteiger charge is -2.31. The minimum Gasteiger partial charge on any atom is -0.347 e. The van der Waals surface area contributed by atoms with Crippen LogP contribution in [-0.2, 0) is 16.6 Å². The largest absolute Gasteiger partial charge is 0.347 e. The summed E-state index contributed by atoms with van der Waals surface area (Å²) in [5, 5.41) is 7.12. The number of amides is 1. The summed E-state index contributed by atoms with van der Waals surface area (Å²) in [4.78, 5) is 17.4. The summed E-state index contributed by atoms with van der Waals surface area (Å²) in [7, 11) is -3.50. The lowest BCUT2D eigenvalue weighted by atomic mass is 10.2. The second-order valence-corrected chi connectivity index (χ2v) is 10.1. The molecule has 2 aromatic heterocycles. The van der Waals surface area contributed by atoms with Gasteiger partial charge in [0.1, 0.15) is 0 Å². The molecule has 3 heterocycles. The third kappa shape index (κ3) is 4.32. The van der Waals surface area contributed by atoms with Crippen molar-refractivity contribution in [3.05, 3.63) is 59.2 Å². The first-order chi connectivity index (χ1) is 13.9. The Balaban J connectivity index is 1.41. The number of piperazine rings is 1. The number of hydrogen-bond donors (Lipinski definition) is 2. The molecule has 4 rings (SSSR count). The average molecular weight is 431 g/mol. The topological polar surface area (TPSA) is 91.4 Å². The zero-order valence-electron chi connectivity index (χ0n) is 16.0. The van der Waals surface area contributed by atoms with Gasteiger partial charge in [0.05, 0.1) is 14.5 Å². The highest BCUT2D eigenvalue weighted by molar-refractivity contribution is 7.89. The Labute approximate surface area is 173 Å². The Hall–Kier alpha value is -2.33. The highest BCUT2D eigenvalue weighted by Gasteiger charge is 2.28. The molecule has 1 amide bonds. The van der Waals surface area contributed by atoms with Crippen molar-refractivity contribution in [3.8, 4) is 0 Å². The molecule has 9 heteroatoms. The fraction of sp³-hybridized carbons (Fsp3) is 0.300. The van der Waals surface area contributed by atoms with Crippen molar-refractivity contribution in [2.45, 2.75) is 24.4 Å². The second kappa shape index (κ2) is 8.19. The molecule has 1 aliphatic rings. The number of sulfonamides is 1. The van der Waals surface area contributed by atoms with E-state index in [2.05, 4.69) is 15.6 Å². The molecule has 1 aromatic carbocycles. The number of carbonyl (C=O) groups excluding carboxylic acids is 1. The molecule has 1 atom stereocenters. The molecule has 0 unspecified atom stereocenters. The van der Waals surface area contributed by atoms with Crippen LogP contribution in [0.4, 0.5) is 0 Å². The van der Waals surface area contributed by atoms with Crippen molar-refractivity contribution >= 4 is 37.4 Å². The summed E-state index contributed by atoms with van der Waals surface area (Å²) < 4.78 is 28.1. The van der Waals surface area contributed by atoms with Crippen molar-refractivity contribution in [2.24, 2.45) is 0 Å². The van der Waals surface area contributed by atoms with Gasteiger partial charge < -0.3 is 10.6 Å². The normalized spacial score (nSPS) is 18.0. The van der Waals surface area contributed by atoms with Crippen LogP contribution in [0.2, 0.25) is 0 Å². The number of nitrogens with one attached hydrogen (secondary N) is 2. The molecule has 1 aliphatic heterocycles. The van der Waals surface area contributed by atoms with E-state index in [9.17, 15) is 13.2 Å². The first-order valence-corrected chi connectivity index (χ1v) is 11.6. The van der Waals surface area contributed by atoms with E-state index in [4.69, 9.17) is 0 Å². The molecule has 1 saturated heterocycles. The Morgan fingerprint density at radius 2 is 2.10 bits per heavy atom. The number of aromatic nitrogens is 1. The van der Waals surface area contributed by atoms with E-state index in [1.807, 2.05) is 19.1 Å². The van der Waals surface area contributed by atoms with Crippen LogP contribution >= 0.6 is 11.3 Å². The number of carbonyl (C=O) groups is 1.